The summed E-state index contributed by atoms with van der Waals surface area (Å²) in [7, 11) is 0. The van der Waals surface area contributed by atoms with E-state index < -0.39 is 6.10 Å². The van der Waals surface area contributed by atoms with Crippen LogP contribution in [0.3, 0.4) is 0 Å². The predicted molar refractivity (Wildman–Crippen MR) is 312 cm³/mol. The molecule has 1 atom stereocenters. The van der Waals surface area contributed by atoms with Gasteiger partial charge >= 0.3 is 17.9 Å². The van der Waals surface area contributed by atoms with Crippen LogP contribution in [0.15, 0.2) is 60.8 Å². The van der Waals surface area contributed by atoms with Gasteiger partial charge in [0.1, 0.15) is 13.2 Å². The van der Waals surface area contributed by atoms with Crippen LogP contribution in [0.1, 0.15) is 323 Å². The average molecular weight is 1010 g/mol. The molecule has 6 heteroatoms. The molecule has 0 aromatic rings. The minimum atomic E-state index is -0.778. The fourth-order valence-corrected chi connectivity index (χ4v) is 9.08. The van der Waals surface area contributed by atoms with Crippen LogP contribution in [-0.4, -0.2) is 37.2 Å². The van der Waals surface area contributed by atoms with Gasteiger partial charge in [0.15, 0.2) is 6.10 Å². The van der Waals surface area contributed by atoms with E-state index in [4.69, 9.17) is 14.2 Å². The van der Waals surface area contributed by atoms with Crippen LogP contribution in [0.25, 0.3) is 0 Å². The molecule has 0 aromatic carbocycles. The lowest BCUT2D eigenvalue weighted by molar-refractivity contribution is -0.167. The lowest BCUT2D eigenvalue weighted by atomic mass is 10.0. The van der Waals surface area contributed by atoms with Gasteiger partial charge < -0.3 is 14.2 Å². The second kappa shape index (κ2) is 60.7. The van der Waals surface area contributed by atoms with Crippen molar-refractivity contribution in [3.63, 3.8) is 0 Å². The van der Waals surface area contributed by atoms with Crippen molar-refractivity contribution in [2.45, 2.75) is 329 Å². The van der Waals surface area contributed by atoms with Crippen molar-refractivity contribution in [2.75, 3.05) is 13.2 Å². The highest BCUT2D eigenvalue weighted by Crippen LogP contribution is 2.17. The van der Waals surface area contributed by atoms with Gasteiger partial charge in [-0.3, -0.25) is 14.4 Å². The molecule has 0 saturated heterocycles. The molecule has 0 amide bonds. The molecular formula is C66H118O6. The molecule has 0 aliphatic carbocycles. The second-order valence-electron chi connectivity index (χ2n) is 20.9. The third kappa shape index (κ3) is 58.0. The van der Waals surface area contributed by atoms with Crippen molar-refractivity contribution < 1.29 is 28.6 Å². The van der Waals surface area contributed by atoms with Gasteiger partial charge in [0, 0.05) is 19.3 Å². The first-order valence-electron chi connectivity index (χ1n) is 31.3. The normalized spacial score (nSPS) is 12.4. The molecule has 0 N–H and O–H groups in total. The van der Waals surface area contributed by atoms with Gasteiger partial charge in [-0.05, 0) is 83.5 Å². The van der Waals surface area contributed by atoms with E-state index in [-0.39, 0.29) is 31.1 Å². The van der Waals surface area contributed by atoms with Gasteiger partial charge in [-0.1, -0.05) is 281 Å². The third-order valence-electron chi connectivity index (χ3n) is 13.8. The van der Waals surface area contributed by atoms with Gasteiger partial charge in [0.25, 0.3) is 0 Å². The zero-order chi connectivity index (χ0) is 52.2. The lowest BCUT2D eigenvalue weighted by Crippen LogP contribution is -2.30. The van der Waals surface area contributed by atoms with Crippen LogP contribution < -0.4 is 0 Å². The first-order valence-corrected chi connectivity index (χ1v) is 31.3. The van der Waals surface area contributed by atoms with E-state index in [9.17, 15) is 14.4 Å². The SMILES string of the molecule is CC/C=C\C/C=C\C/C=C\CCCCCCCC(=O)OC(COC(=O)CCCCCCCC)COC(=O)CCCCCCCCCCCCCCCCCCCCCCC/C=C\C/C=C\CCCCCCC. The summed E-state index contributed by atoms with van der Waals surface area (Å²) in [6.07, 6.45) is 77.1. The van der Waals surface area contributed by atoms with Crippen molar-refractivity contribution in [3.8, 4) is 0 Å². The highest BCUT2D eigenvalue weighted by Gasteiger charge is 2.19. The van der Waals surface area contributed by atoms with Crippen molar-refractivity contribution in [3.05, 3.63) is 60.8 Å². The minimum Gasteiger partial charge on any atom is -0.462 e. The largest absolute Gasteiger partial charge is 0.462 e. The summed E-state index contributed by atoms with van der Waals surface area (Å²) in [6, 6.07) is 0. The highest BCUT2D eigenvalue weighted by molar-refractivity contribution is 5.71. The molecule has 0 fully saturated rings. The number of hydrogen-bond donors (Lipinski definition) is 0. The lowest BCUT2D eigenvalue weighted by Gasteiger charge is -2.18. The second-order valence-corrected chi connectivity index (χ2v) is 20.9. The first-order chi connectivity index (χ1) is 35.5. The Morgan fingerprint density at radius 3 is 0.847 bits per heavy atom. The number of carbonyl (C=O) groups excluding carboxylic acids is 3. The quantitative estimate of drug-likeness (QED) is 0.0261. The summed E-state index contributed by atoms with van der Waals surface area (Å²) in [5.74, 6) is -0.893. The molecule has 72 heavy (non-hydrogen) atoms. The van der Waals surface area contributed by atoms with E-state index in [1.807, 2.05) is 0 Å². The van der Waals surface area contributed by atoms with Crippen molar-refractivity contribution in [2.24, 2.45) is 0 Å². The average Bonchev–Trinajstić information content (AvgIpc) is 3.38. The molecule has 0 aromatic heterocycles. The van der Waals surface area contributed by atoms with E-state index in [1.165, 1.54) is 180 Å². The van der Waals surface area contributed by atoms with E-state index in [2.05, 4.69) is 81.5 Å². The Hall–Kier alpha value is -2.89. The Kier molecular flexibility index (Phi) is 58.2. The topological polar surface area (TPSA) is 78.9 Å². The molecule has 0 aliphatic heterocycles. The summed E-state index contributed by atoms with van der Waals surface area (Å²) in [4.78, 5) is 37.9. The van der Waals surface area contributed by atoms with Gasteiger partial charge in [-0.25, -0.2) is 0 Å². The fourth-order valence-electron chi connectivity index (χ4n) is 9.08. The van der Waals surface area contributed by atoms with Gasteiger partial charge in [0.05, 0.1) is 0 Å². The first kappa shape index (κ1) is 69.1. The Morgan fingerprint density at radius 2 is 0.542 bits per heavy atom. The Bertz CT molecular complexity index is 1290. The zero-order valence-electron chi connectivity index (χ0n) is 47.9. The molecule has 418 valence electrons. The van der Waals surface area contributed by atoms with E-state index >= 15 is 0 Å². The summed E-state index contributed by atoms with van der Waals surface area (Å²) < 4.78 is 16.8. The standard InChI is InChI=1S/C66H118O6/c1-4-7-10-13-16-18-20-22-24-25-26-27-28-29-30-31-32-33-34-35-36-37-38-39-40-41-43-44-46-48-50-53-56-59-65(68)71-62-63(61-70-64(67)58-55-52-15-12-9-6-3)72-66(69)60-57-54-51-49-47-45-42-23-21-19-17-14-11-8-5-2/h8,11,17,19-20,22-23,25-26,42,63H,4-7,9-10,12-16,18,21,24,27-41,43-62H2,1-3H3/b11-8-,19-17-,22-20-,26-25-,42-23-. The summed E-state index contributed by atoms with van der Waals surface area (Å²) in [5.41, 5.74) is 0. The number of allylic oxidation sites excluding steroid dienone is 10. The zero-order valence-corrected chi connectivity index (χ0v) is 47.9. The van der Waals surface area contributed by atoms with Gasteiger partial charge in [0.2, 0.25) is 0 Å². The van der Waals surface area contributed by atoms with Crippen LogP contribution in [0, 0.1) is 0 Å². The monoisotopic (exact) mass is 1010 g/mol. The smallest absolute Gasteiger partial charge is 0.306 e. The van der Waals surface area contributed by atoms with Crippen molar-refractivity contribution >= 4 is 17.9 Å². The van der Waals surface area contributed by atoms with Crippen molar-refractivity contribution in [1.29, 1.82) is 0 Å². The van der Waals surface area contributed by atoms with Crippen LogP contribution in [0.2, 0.25) is 0 Å². The Morgan fingerprint density at radius 1 is 0.292 bits per heavy atom. The van der Waals surface area contributed by atoms with Gasteiger partial charge in [-0.15, -0.1) is 0 Å². The molecule has 0 radical (unpaired) electrons. The molecule has 0 heterocycles. The number of ether oxygens (including phenoxy) is 3. The fraction of sp³-hybridized carbons (Fsp3) is 0.803. The summed E-state index contributed by atoms with van der Waals surface area (Å²) >= 11 is 0. The molecule has 0 aliphatic rings. The Balaban J connectivity index is 3.94. The van der Waals surface area contributed by atoms with Crippen LogP contribution >= 0.6 is 0 Å². The Labute approximate surface area is 447 Å². The number of carbonyl (C=O) groups is 3. The highest BCUT2D eigenvalue weighted by atomic mass is 16.6. The number of rotatable bonds is 57. The van der Waals surface area contributed by atoms with Crippen LogP contribution in [0.5, 0.6) is 0 Å². The number of unbranched alkanes of at least 4 members (excludes halogenated alkanes) is 36. The molecule has 0 bridgehead atoms. The maximum Gasteiger partial charge on any atom is 0.306 e. The van der Waals surface area contributed by atoms with Gasteiger partial charge in [-0.2, -0.15) is 0 Å². The minimum absolute atomic E-state index is 0.0781. The number of esters is 3. The summed E-state index contributed by atoms with van der Waals surface area (Å²) in [6.45, 7) is 6.47. The third-order valence-corrected chi connectivity index (χ3v) is 13.8. The van der Waals surface area contributed by atoms with Crippen LogP contribution in [-0.2, 0) is 28.6 Å². The molecule has 0 rings (SSSR count). The maximum absolute atomic E-state index is 12.8. The molecule has 0 spiro atoms. The van der Waals surface area contributed by atoms with Crippen molar-refractivity contribution in [1.82, 2.24) is 0 Å². The molecule has 1 unspecified atom stereocenters. The molecule has 0 saturated carbocycles. The maximum atomic E-state index is 12.8. The van der Waals surface area contributed by atoms with Crippen LogP contribution in [0.4, 0.5) is 0 Å². The number of hydrogen-bond acceptors (Lipinski definition) is 6. The molecular weight excluding hydrogens is 889 g/mol. The van der Waals surface area contributed by atoms with E-state index in [1.54, 1.807) is 0 Å². The molecule has 6 nitrogen and oxygen atoms in total. The van der Waals surface area contributed by atoms with E-state index in [0.29, 0.717) is 19.3 Å². The summed E-state index contributed by atoms with van der Waals surface area (Å²) in [5, 5.41) is 0. The predicted octanol–water partition coefficient (Wildman–Crippen LogP) is 21.2. The van der Waals surface area contributed by atoms with E-state index in [0.717, 1.165) is 103 Å².